The van der Waals surface area contributed by atoms with Crippen molar-refractivity contribution in [2.45, 2.75) is 50.3 Å². The van der Waals surface area contributed by atoms with E-state index in [1.54, 1.807) is 6.20 Å². The Balaban J connectivity index is 1.31. The normalized spacial score (nSPS) is 17.8. The average molecular weight is 542 g/mol. The number of imidazole rings is 1. The largest absolute Gasteiger partial charge is 0.586 e. The summed E-state index contributed by atoms with van der Waals surface area (Å²) in [6.07, 6.45) is 1.62. The van der Waals surface area contributed by atoms with Gasteiger partial charge in [-0.3, -0.25) is 4.98 Å². The summed E-state index contributed by atoms with van der Waals surface area (Å²) in [7, 11) is -3.93. The van der Waals surface area contributed by atoms with Crippen LogP contribution in [0.15, 0.2) is 53.7 Å². The molecule has 12 heteroatoms. The van der Waals surface area contributed by atoms with Gasteiger partial charge in [-0.2, -0.15) is 4.31 Å². The van der Waals surface area contributed by atoms with E-state index in [2.05, 4.69) is 25.9 Å². The third kappa shape index (κ3) is 4.17. The molecular formula is C26H25F2N5O4S. The molecule has 38 heavy (non-hydrogen) atoms. The highest BCUT2D eigenvalue weighted by molar-refractivity contribution is 7.89. The molecule has 0 aliphatic carbocycles. The van der Waals surface area contributed by atoms with E-state index in [0.717, 1.165) is 46.3 Å². The minimum absolute atomic E-state index is 0.0379. The Morgan fingerprint density at radius 1 is 1.05 bits per heavy atom. The highest BCUT2D eigenvalue weighted by Gasteiger charge is 2.44. The average Bonchev–Trinajstić information content (AvgIpc) is 3.43. The predicted molar refractivity (Wildman–Crippen MR) is 135 cm³/mol. The van der Waals surface area contributed by atoms with Crippen LogP contribution in [0.25, 0.3) is 22.6 Å². The SMILES string of the molecule is CCc1cnccc1-c1nc2ccc(C)nc2n1C1CCN(S(=O)(=O)c2ccc3c(c2)OC(F)(F)O3)CC1. The number of hydrogen-bond acceptors (Lipinski definition) is 7. The zero-order valence-electron chi connectivity index (χ0n) is 20.8. The van der Waals surface area contributed by atoms with E-state index in [4.69, 9.17) is 9.97 Å². The van der Waals surface area contributed by atoms with E-state index in [1.165, 1.54) is 16.4 Å². The first-order valence-corrected chi connectivity index (χ1v) is 13.8. The van der Waals surface area contributed by atoms with Crippen molar-refractivity contribution < 1.29 is 26.7 Å². The molecule has 0 amide bonds. The lowest BCUT2D eigenvalue weighted by Gasteiger charge is -2.32. The summed E-state index contributed by atoms with van der Waals surface area (Å²) in [4.78, 5) is 13.8. The van der Waals surface area contributed by atoms with E-state index in [-0.39, 0.29) is 35.5 Å². The van der Waals surface area contributed by atoms with Gasteiger partial charge < -0.3 is 14.0 Å². The van der Waals surface area contributed by atoms with Crippen LogP contribution in [0.1, 0.15) is 37.1 Å². The topological polar surface area (TPSA) is 99.4 Å². The fraction of sp³-hybridized carbons (Fsp3) is 0.346. The van der Waals surface area contributed by atoms with E-state index in [9.17, 15) is 17.2 Å². The van der Waals surface area contributed by atoms with Crippen LogP contribution in [0.2, 0.25) is 0 Å². The number of nitrogens with zero attached hydrogens (tertiary/aromatic N) is 5. The van der Waals surface area contributed by atoms with Crippen LogP contribution in [0, 0.1) is 6.92 Å². The Morgan fingerprint density at radius 3 is 2.58 bits per heavy atom. The number of aryl methyl sites for hydroxylation is 2. The molecule has 1 saturated heterocycles. The molecule has 0 unspecified atom stereocenters. The molecule has 1 aromatic carbocycles. The molecule has 0 N–H and O–H groups in total. The van der Waals surface area contributed by atoms with Gasteiger partial charge >= 0.3 is 6.29 Å². The Morgan fingerprint density at radius 2 is 1.82 bits per heavy atom. The lowest BCUT2D eigenvalue weighted by atomic mass is 10.0. The zero-order chi connectivity index (χ0) is 26.7. The second-order valence-electron chi connectivity index (χ2n) is 9.40. The minimum Gasteiger partial charge on any atom is -0.395 e. The van der Waals surface area contributed by atoms with Gasteiger partial charge in [0.15, 0.2) is 17.1 Å². The molecule has 0 radical (unpaired) electrons. The third-order valence-corrected chi connectivity index (χ3v) is 8.90. The molecule has 0 atom stereocenters. The van der Waals surface area contributed by atoms with Crippen LogP contribution in [-0.2, 0) is 16.4 Å². The molecule has 2 aliphatic rings. The highest BCUT2D eigenvalue weighted by Crippen LogP contribution is 2.43. The second kappa shape index (κ2) is 8.98. The fourth-order valence-corrected chi connectivity index (χ4v) is 6.60. The van der Waals surface area contributed by atoms with Gasteiger partial charge in [0.05, 0.1) is 4.90 Å². The summed E-state index contributed by atoms with van der Waals surface area (Å²) in [6, 6.07) is 9.32. The summed E-state index contributed by atoms with van der Waals surface area (Å²) in [5.74, 6) is 0.291. The van der Waals surface area contributed by atoms with Crippen molar-refractivity contribution in [1.29, 1.82) is 0 Å². The van der Waals surface area contributed by atoms with Crippen LogP contribution in [0.4, 0.5) is 8.78 Å². The molecule has 2 aliphatic heterocycles. The number of alkyl halides is 2. The molecule has 9 nitrogen and oxygen atoms in total. The molecule has 0 saturated carbocycles. The van der Waals surface area contributed by atoms with E-state index < -0.39 is 16.3 Å². The maximum atomic E-state index is 13.4. The Labute approximate surface area is 218 Å². The number of ether oxygens (including phenoxy) is 2. The number of piperidine rings is 1. The van der Waals surface area contributed by atoms with E-state index >= 15 is 0 Å². The lowest BCUT2D eigenvalue weighted by molar-refractivity contribution is -0.286. The number of fused-ring (bicyclic) bond motifs is 2. The maximum Gasteiger partial charge on any atom is 0.586 e. The Hall–Kier alpha value is -3.64. The summed E-state index contributed by atoms with van der Waals surface area (Å²) in [5.41, 5.74) is 4.44. The van der Waals surface area contributed by atoms with Crippen molar-refractivity contribution >= 4 is 21.2 Å². The predicted octanol–water partition coefficient (Wildman–Crippen LogP) is 4.71. The Kier molecular flexibility index (Phi) is 5.84. The van der Waals surface area contributed by atoms with Crippen molar-refractivity contribution in [3.8, 4) is 22.9 Å². The van der Waals surface area contributed by atoms with Crippen molar-refractivity contribution in [3.63, 3.8) is 0 Å². The number of pyridine rings is 2. The molecular weight excluding hydrogens is 516 g/mol. The second-order valence-corrected chi connectivity index (χ2v) is 11.3. The van der Waals surface area contributed by atoms with Crippen molar-refractivity contribution in [1.82, 2.24) is 23.8 Å². The van der Waals surface area contributed by atoms with Gasteiger partial charge in [-0.05, 0) is 62.1 Å². The quantitative estimate of drug-likeness (QED) is 0.361. The summed E-state index contributed by atoms with van der Waals surface area (Å²) >= 11 is 0. The van der Waals surface area contributed by atoms with Gasteiger partial charge in [-0.15, -0.1) is 8.78 Å². The van der Waals surface area contributed by atoms with Crippen LogP contribution in [-0.4, -0.2) is 51.6 Å². The van der Waals surface area contributed by atoms with Crippen LogP contribution >= 0.6 is 0 Å². The minimum atomic E-state index is -3.93. The molecule has 3 aromatic heterocycles. The monoisotopic (exact) mass is 541 g/mol. The molecule has 0 bridgehead atoms. The molecule has 4 aromatic rings. The van der Waals surface area contributed by atoms with Crippen LogP contribution < -0.4 is 9.47 Å². The standard InChI is InChI=1S/C26H25F2N5O4S/c1-3-17-15-29-11-8-20(17)24-31-21-6-4-16(2)30-25(21)33(24)18-9-12-32(13-10-18)38(34,35)19-5-7-22-23(14-19)37-26(27,28)36-22/h4-8,11,14-15,18H,3,9-10,12-13H2,1-2H3. The first-order valence-electron chi connectivity index (χ1n) is 12.3. The maximum absolute atomic E-state index is 13.4. The molecule has 198 valence electrons. The van der Waals surface area contributed by atoms with Gasteiger partial charge in [0, 0.05) is 48.8 Å². The highest BCUT2D eigenvalue weighted by atomic mass is 32.2. The van der Waals surface area contributed by atoms with Crippen molar-refractivity contribution in [2.24, 2.45) is 0 Å². The van der Waals surface area contributed by atoms with Crippen molar-refractivity contribution in [2.75, 3.05) is 13.1 Å². The molecule has 6 rings (SSSR count). The Bertz CT molecular complexity index is 1650. The van der Waals surface area contributed by atoms with Crippen LogP contribution in [0.3, 0.4) is 0 Å². The first-order chi connectivity index (χ1) is 18.2. The van der Waals surface area contributed by atoms with Gasteiger partial charge in [-0.25, -0.2) is 18.4 Å². The molecule has 0 spiro atoms. The van der Waals surface area contributed by atoms with Crippen molar-refractivity contribution in [3.05, 3.63) is 60.0 Å². The zero-order valence-corrected chi connectivity index (χ0v) is 21.6. The third-order valence-electron chi connectivity index (χ3n) is 7.00. The van der Waals surface area contributed by atoms with E-state index in [0.29, 0.717) is 12.8 Å². The molecule has 5 heterocycles. The fourth-order valence-electron chi connectivity index (χ4n) is 5.11. The first kappa shape index (κ1) is 24.7. The van der Waals surface area contributed by atoms with Gasteiger partial charge in [0.1, 0.15) is 11.3 Å². The number of benzene rings is 1. The van der Waals surface area contributed by atoms with Gasteiger partial charge in [0.2, 0.25) is 10.0 Å². The number of halogens is 2. The van der Waals surface area contributed by atoms with E-state index in [1.807, 2.05) is 31.3 Å². The summed E-state index contributed by atoms with van der Waals surface area (Å²) in [6.45, 7) is 4.49. The molecule has 1 fully saturated rings. The van der Waals surface area contributed by atoms with Gasteiger partial charge in [-0.1, -0.05) is 6.92 Å². The summed E-state index contributed by atoms with van der Waals surface area (Å²) in [5, 5.41) is 0. The lowest BCUT2D eigenvalue weighted by Crippen LogP contribution is -2.39. The number of aromatic nitrogens is 4. The smallest absolute Gasteiger partial charge is 0.395 e. The van der Waals surface area contributed by atoms with Crippen LogP contribution in [0.5, 0.6) is 11.5 Å². The number of rotatable bonds is 5. The number of sulfonamides is 1. The number of hydrogen-bond donors (Lipinski definition) is 0. The van der Waals surface area contributed by atoms with Gasteiger partial charge in [0.25, 0.3) is 0 Å². The summed E-state index contributed by atoms with van der Waals surface area (Å²) < 4.78 is 65.9.